The summed E-state index contributed by atoms with van der Waals surface area (Å²) in [4.78, 5) is 52.2. The number of esters is 4. The highest BCUT2D eigenvalue weighted by Crippen LogP contribution is 2.27. The van der Waals surface area contributed by atoms with Gasteiger partial charge in [0, 0.05) is 0 Å². The van der Waals surface area contributed by atoms with Gasteiger partial charge >= 0.3 is 23.9 Å². The van der Waals surface area contributed by atoms with Crippen LogP contribution in [0.1, 0.15) is 119 Å². The quantitative estimate of drug-likeness (QED) is 0.0729. The van der Waals surface area contributed by atoms with Gasteiger partial charge in [-0.2, -0.15) is 0 Å². The minimum absolute atomic E-state index is 0.0314. The first-order chi connectivity index (χ1) is 23.1. The molecule has 2 aromatic rings. The summed E-state index contributed by atoms with van der Waals surface area (Å²) in [5.74, 6) is -2.72. The first-order valence-corrected chi connectivity index (χ1v) is 16.7. The maximum absolute atomic E-state index is 13.1. The van der Waals surface area contributed by atoms with Crippen LogP contribution in [0.4, 0.5) is 0 Å². The summed E-state index contributed by atoms with van der Waals surface area (Å²) in [7, 11) is 0. The molecule has 266 valence electrons. The van der Waals surface area contributed by atoms with E-state index in [1.165, 1.54) is 36.4 Å². The normalized spacial score (nSPS) is 12.2. The first kappa shape index (κ1) is 40.3. The summed E-state index contributed by atoms with van der Waals surface area (Å²) in [6, 6.07) is 8.71. The third kappa shape index (κ3) is 14.5. The van der Waals surface area contributed by atoms with E-state index in [0.29, 0.717) is 62.5 Å². The number of carbonyl (C=O) groups is 4. The number of benzene rings is 2. The molecule has 0 radical (unpaired) electrons. The highest BCUT2D eigenvalue weighted by atomic mass is 16.5. The van der Waals surface area contributed by atoms with Gasteiger partial charge in [-0.15, -0.1) is 0 Å². The van der Waals surface area contributed by atoms with E-state index in [0.717, 1.165) is 12.8 Å². The van der Waals surface area contributed by atoms with Gasteiger partial charge in [-0.25, -0.2) is 19.2 Å². The largest absolute Gasteiger partial charge is 0.462 e. The highest BCUT2D eigenvalue weighted by molar-refractivity contribution is 6.00. The molecule has 0 amide bonds. The lowest BCUT2D eigenvalue weighted by molar-refractivity contribution is 0.0470. The van der Waals surface area contributed by atoms with E-state index in [1.807, 2.05) is 13.8 Å². The number of aliphatic hydroxyl groups is 4. The van der Waals surface area contributed by atoms with Crippen LogP contribution < -0.4 is 0 Å². The van der Waals surface area contributed by atoms with Gasteiger partial charge in [-0.1, -0.05) is 26.7 Å². The molecule has 0 fully saturated rings. The molecule has 12 nitrogen and oxygen atoms in total. The second kappa shape index (κ2) is 22.7. The molecule has 0 aromatic heterocycles. The maximum Gasteiger partial charge on any atom is 0.338 e. The molecule has 0 aliphatic carbocycles. The van der Waals surface area contributed by atoms with Crippen molar-refractivity contribution >= 4 is 23.9 Å². The smallest absolute Gasteiger partial charge is 0.338 e. The number of hydrogen-bond acceptors (Lipinski definition) is 12. The van der Waals surface area contributed by atoms with Crippen molar-refractivity contribution in [3.8, 4) is 11.1 Å². The zero-order valence-corrected chi connectivity index (χ0v) is 28.0. The van der Waals surface area contributed by atoms with Crippen molar-refractivity contribution in [1.82, 2.24) is 0 Å². The lowest BCUT2D eigenvalue weighted by Gasteiger charge is -2.13. The fraction of sp³-hybridized carbons (Fsp3) is 0.556. The second-order valence-electron chi connectivity index (χ2n) is 11.5. The average molecular weight is 675 g/mol. The van der Waals surface area contributed by atoms with Crippen LogP contribution in [0.5, 0.6) is 0 Å². The molecule has 0 saturated heterocycles. The molecule has 0 aliphatic rings. The molecule has 0 saturated carbocycles. The lowest BCUT2D eigenvalue weighted by atomic mass is 9.96. The molecule has 2 unspecified atom stereocenters. The summed E-state index contributed by atoms with van der Waals surface area (Å²) in [5, 5.41) is 37.0. The summed E-state index contributed by atoms with van der Waals surface area (Å²) in [5.41, 5.74) is 0.936. The Morgan fingerprint density at radius 3 is 1.06 bits per heavy atom. The van der Waals surface area contributed by atoms with Crippen molar-refractivity contribution in [2.45, 2.75) is 90.3 Å². The van der Waals surface area contributed by atoms with Crippen molar-refractivity contribution in [1.29, 1.82) is 0 Å². The highest BCUT2D eigenvalue weighted by Gasteiger charge is 2.20. The third-order valence-electron chi connectivity index (χ3n) is 7.36. The van der Waals surface area contributed by atoms with E-state index in [4.69, 9.17) is 29.2 Å². The number of unbranched alkanes of at least 4 members (excludes halogenated alkanes) is 4. The first-order valence-electron chi connectivity index (χ1n) is 16.7. The second-order valence-corrected chi connectivity index (χ2v) is 11.5. The molecule has 0 heterocycles. The van der Waals surface area contributed by atoms with Gasteiger partial charge in [-0.3, -0.25) is 0 Å². The SMILES string of the molecule is CCCCOC(=O)c1cc(C(=O)OCCCC)cc(-c2cc(C(=O)OCCCCC(O)CO)cc(C(=O)OCCCCC(O)CO)c2)c1. The fourth-order valence-electron chi connectivity index (χ4n) is 4.49. The van der Waals surface area contributed by atoms with Crippen molar-refractivity contribution in [3.63, 3.8) is 0 Å². The van der Waals surface area contributed by atoms with Crippen molar-refractivity contribution in [3.05, 3.63) is 58.7 Å². The third-order valence-corrected chi connectivity index (χ3v) is 7.36. The zero-order valence-electron chi connectivity index (χ0n) is 28.0. The van der Waals surface area contributed by atoms with E-state index >= 15 is 0 Å². The molecule has 48 heavy (non-hydrogen) atoms. The summed E-state index contributed by atoms with van der Waals surface area (Å²) >= 11 is 0. The summed E-state index contributed by atoms with van der Waals surface area (Å²) in [6.45, 7) is 3.68. The Kier molecular flexibility index (Phi) is 19.1. The number of rotatable bonds is 23. The van der Waals surface area contributed by atoms with Crippen LogP contribution in [0.2, 0.25) is 0 Å². The molecule has 2 atom stereocenters. The fourth-order valence-corrected chi connectivity index (χ4v) is 4.49. The Labute approximate surface area is 282 Å². The Morgan fingerprint density at radius 2 is 0.792 bits per heavy atom. The van der Waals surface area contributed by atoms with Crippen LogP contribution >= 0.6 is 0 Å². The van der Waals surface area contributed by atoms with Crippen LogP contribution in [-0.4, -0.2) is 96.2 Å². The summed E-state index contributed by atoms with van der Waals surface area (Å²) < 4.78 is 21.6. The van der Waals surface area contributed by atoms with Crippen LogP contribution in [0.25, 0.3) is 11.1 Å². The van der Waals surface area contributed by atoms with Gasteiger partial charge in [-0.05, 0) is 98.9 Å². The van der Waals surface area contributed by atoms with E-state index in [9.17, 15) is 29.4 Å². The average Bonchev–Trinajstić information content (AvgIpc) is 3.10. The van der Waals surface area contributed by atoms with Crippen molar-refractivity contribution in [2.75, 3.05) is 39.6 Å². The van der Waals surface area contributed by atoms with Gasteiger partial charge in [0.15, 0.2) is 0 Å². The lowest BCUT2D eigenvalue weighted by Crippen LogP contribution is -2.14. The topological polar surface area (TPSA) is 186 Å². The maximum atomic E-state index is 13.1. The number of ether oxygens (including phenoxy) is 4. The number of aliphatic hydroxyl groups excluding tert-OH is 4. The van der Waals surface area contributed by atoms with E-state index < -0.39 is 36.1 Å². The van der Waals surface area contributed by atoms with Gasteiger partial charge in [0.1, 0.15) is 0 Å². The standard InChI is InChI=1S/C36H50O12/c1-3-5-13-45-33(41)27-17-25(18-28(21-27)34(42)46-14-6-4-2)26-19-29(35(43)47-15-9-7-11-31(39)23-37)22-30(20-26)36(44)48-16-10-8-12-32(40)24-38/h17-22,31-32,37-40H,3-16,23-24H2,1-2H3. The van der Waals surface area contributed by atoms with Gasteiger partial charge in [0.2, 0.25) is 0 Å². The minimum atomic E-state index is -0.848. The molecule has 4 N–H and O–H groups in total. The molecule has 12 heteroatoms. The molecule has 2 aromatic carbocycles. The van der Waals surface area contributed by atoms with E-state index in [2.05, 4.69) is 0 Å². The summed E-state index contributed by atoms with van der Waals surface area (Å²) in [6.07, 6.45) is 3.87. The van der Waals surface area contributed by atoms with Crippen LogP contribution in [0.15, 0.2) is 36.4 Å². The Hall–Kier alpha value is -3.84. The van der Waals surface area contributed by atoms with Gasteiger partial charge < -0.3 is 39.4 Å². The molecular weight excluding hydrogens is 624 g/mol. The molecular formula is C36H50O12. The Balaban J connectivity index is 2.44. The zero-order chi connectivity index (χ0) is 35.3. The molecule has 2 rings (SSSR count). The monoisotopic (exact) mass is 674 g/mol. The molecule has 0 aliphatic heterocycles. The number of hydrogen-bond donors (Lipinski definition) is 4. The van der Waals surface area contributed by atoms with Crippen molar-refractivity contribution < 1.29 is 58.6 Å². The predicted molar refractivity (Wildman–Crippen MR) is 177 cm³/mol. The predicted octanol–water partition coefficient (Wildman–Crippen LogP) is 4.63. The Bertz CT molecular complexity index is 1220. The van der Waals surface area contributed by atoms with Crippen LogP contribution in [0, 0.1) is 0 Å². The van der Waals surface area contributed by atoms with Crippen molar-refractivity contribution in [2.24, 2.45) is 0 Å². The van der Waals surface area contributed by atoms with Crippen LogP contribution in [-0.2, 0) is 18.9 Å². The molecule has 0 bridgehead atoms. The van der Waals surface area contributed by atoms with Gasteiger partial charge in [0.05, 0.1) is 74.1 Å². The minimum Gasteiger partial charge on any atom is -0.462 e. The van der Waals surface area contributed by atoms with E-state index in [1.54, 1.807) is 0 Å². The number of carbonyl (C=O) groups excluding carboxylic acids is 4. The van der Waals surface area contributed by atoms with Gasteiger partial charge in [0.25, 0.3) is 0 Å². The van der Waals surface area contributed by atoms with Crippen LogP contribution in [0.3, 0.4) is 0 Å². The van der Waals surface area contributed by atoms with E-state index in [-0.39, 0.29) is 61.9 Å². The Morgan fingerprint density at radius 1 is 0.500 bits per heavy atom. The molecule has 0 spiro atoms.